The van der Waals surface area contributed by atoms with Crippen molar-refractivity contribution in [3.05, 3.63) is 63.2 Å². The Morgan fingerprint density at radius 1 is 1.35 bits per heavy atom. The van der Waals surface area contributed by atoms with Crippen molar-refractivity contribution in [2.24, 2.45) is 0 Å². The maximum absolute atomic E-state index is 13.6. The lowest BCUT2D eigenvalue weighted by Gasteiger charge is -2.05. The highest BCUT2D eigenvalue weighted by Gasteiger charge is 2.14. The van der Waals surface area contributed by atoms with Crippen LogP contribution in [0.1, 0.15) is 10.5 Å². The van der Waals surface area contributed by atoms with Gasteiger partial charge >= 0.3 is 0 Å². The SMILES string of the molecule is O=C(Nc1ccc([N+](=O)[O-])cc1F)c1cc(Cl)ccn1. The summed E-state index contributed by atoms with van der Waals surface area (Å²) in [6, 6.07) is 5.73. The Kier molecular flexibility index (Phi) is 3.90. The number of amides is 1. The minimum atomic E-state index is -0.908. The average Bonchev–Trinajstić information content (AvgIpc) is 2.40. The van der Waals surface area contributed by atoms with Gasteiger partial charge in [-0.25, -0.2) is 4.39 Å². The van der Waals surface area contributed by atoms with Crippen LogP contribution in [0.5, 0.6) is 0 Å². The minimum Gasteiger partial charge on any atom is -0.318 e. The van der Waals surface area contributed by atoms with Crippen molar-refractivity contribution in [2.45, 2.75) is 0 Å². The second-order valence-electron chi connectivity index (χ2n) is 3.73. The van der Waals surface area contributed by atoms with Gasteiger partial charge in [-0.15, -0.1) is 0 Å². The number of non-ortho nitro benzene ring substituents is 1. The van der Waals surface area contributed by atoms with E-state index in [0.29, 0.717) is 5.02 Å². The number of nitrogens with one attached hydrogen (secondary N) is 1. The summed E-state index contributed by atoms with van der Waals surface area (Å²) in [5.41, 5.74) is -0.570. The molecule has 0 unspecified atom stereocenters. The van der Waals surface area contributed by atoms with Crippen LogP contribution in [-0.2, 0) is 0 Å². The number of nitro groups is 1. The second kappa shape index (κ2) is 5.62. The molecular weight excluding hydrogens is 289 g/mol. The summed E-state index contributed by atoms with van der Waals surface area (Å²) in [5, 5.41) is 13.0. The fourth-order valence-electron chi connectivity index (χ4n) is 1.43. The largest absolute Gasteiger partial charge is 0.318 e. The molecule has 102 valence electrons. The number of nitro benzene ring substituents is 1. The van der Waals surface area contributed by atoms with Crippen LogP contribution in [0.4, 0.5) is 15.8 Å². The van der Waals surface area contributed by atoms with Crippen LogP contribution in [0, 0.1) is 15.9 Å². The summed E-state index contributed by atoms with van der Waals surface area (Å²) >= 11 is 5.71. The lowest BCUT2D eigenvalue weighted by atomic mass is 10.2. The first-order valence-electron chi connectivity index (χ1n) is 5.34. The predicted octanol–water partition coefficient (Wildman–Crippen LogP) is 3.03. The van der Waals surface area contributed by atoms with E-state index in [0.717, 1.165) is 18.2 Å². The van der Waals surface area contributed by atoms with Crippen LogP contribution in [0.3, 0.4) is 0 Å². The molecule has 2 rings (SSSR count). The fraction of sp³-hybridized carbons (Fsp3) is 0. The van der Waals surface area contributed by atoms with Gasteiger partial charge in [0.15, 0.2) is 5.82 Å². The zero-order valence-electron chi connectivity index (χ0n) is 9.84. The third kappa shape index (κ3) is 3.07. The van der Waals surface area contributed by atoms with Crippen LogP contribution < -0.4 is 5.32 Å². The second-order valence-corrected chi connectivity index (χ2v) is 4.17. The van der Waals surface area contributed by atoms with Gasteiger partial charge in [0.1, 0.15) is 5.69 Å². The first kappa shape index (κ1) is 13.9. The normalized spacial score (nSPS) is 10.1. The van der Waals surface area contributed by atoms with Gasteiger partial charge in [-0.05, 0) is 18.2 Å². The lowest BCUT2D eigenvalue weighted by Crippen LogP contribution is -2.14. The molecule has 0 atom stereocenters. The van der Waals surface area contributed by atoms with E-state index in [1.807, 2.05) is 0 Å². The smallest absolute Gasteiger partial charge is 0.274 e. The summed E-state index contributed by atoms with van der Waals surface area (Å²) in [6.45, 7) is 0. The predicted molar refractivity (Wildman–Crippen MR) is 70.3 cm³/mol. The number of benzene rings is 1. The molecule has 1 N–H and O–H groups in total. The number of nitrogens with zero attached hydrogens (tertiary/aromatic N) is 2. The monoisotopic (exact) mass is 295 g/mol. The summed E-state index contributed by atoms with van der Waals surface area (Å²) in [5.74, 6) is -1.57. The van der Waals surface area contributed by atoms with Crippen LogP contribution in [0.25, 0.3) is 0 Å². The molecule has 1 aromatic heterocycles. The molecule has 8 heteroatoms. The van der Waals surface area contributed by atoms with E-state index in [2.05, 4.69) is 10.3 Å². The van der Waals surface area contributed by atoms with E-state index in [9.17, 15) is 19.3 Å². The zero-order valence-corrected chi connectivity index (χ0v) is 10.6. The Morgan fingerprint density at radius 3 is 2.70 bits per heavy atom. The number of aromatic nitrogens is 1. The van der Waals surface area contributed by atoms with Crippen molar-refractivity contribution in [2.75, 3.05) is 5.32 Å². The van der Waals surface area contributed by atoms with Gasteiger partial charge in [-0.1, -0.05) is 11.6 Å². The van der Waals surface area contributed by atoms with Crippen LogP contribution >= 0.6 is 11.6 Å². The van der Waals surface area contributed by atoms with Crippen molar-refractivity contribution in [3.63, 3.8) is 0 Å². The molecular formula is C12H7ClFN3O3. The third-order valence-electron chi connectivity index (χ3n) is 2.37. The Hall–Kier alpha value is -2.54. The van der Waals surface area contributed by atoms with E-state index in [1.54, 1.807) is 0 Å². The average molecular weight is 296 g/mol. The molecule has 6 nitrogen and oxygen atoms in total. The molecule has 0 aliphatic carbocycles. The summed E-state index contributed by atoms with van der Waals surface area (Å²) in [4.78, 5) is 25.3. The molecule has 0 aliphatic rings. The molecule has 0 bridgehead atoms. The summed E-state index contributed by atoms with van der Waals surface area (Å²) in [6.07, 6.45) is 1.34. The Bertz CT molecular complexity index is 693. The molecule has 20 heavy (non-hydrogen) atoms. The van der Waals surface area contributed by atoms with E-state index in [1.165, 1.54) is 18.3 Å². The lowest BCUT2D eigenvalue weighted by molar-refractivity contribution is -0.385. The van der Waals surface area contributed by atoms with Crippen LogP contribution in [0.15, 0.2) is 36.5 Å². The zero-order chi connectivity index (χ0) is 14.7. The molecule has 1 heterocycles. The van der Waals surface area contributed by atoms with Crippen molar-refractivity contribution in [1.82, 2.24) is 4.98 Å². The van der Waals surface area contributed by atoms with E-state index < -0.39 is 22.3 Å². The van der Waals surface area contributed by atoms with Gasteiger partial charge in [-0.3, -0.25) is 19.9 Å². The highest BCUT2D eigenvalue weighted by molar-refractivity contribution is 6.30. The number of rotatable bonds is 3. The van der Waals surface area contributed by atoms with Crippen LogP contribution in [0.2, 0.25) is 5.02 Å². The minimum absolute atomic E-state index is 0.00949. The van der Waals surface area contributed by atoms with Crippen molar-refractivity contribution < 1.29 is 14.1 Å². The fourth-order valence-corrected chi connectivity index (χ4v) is 1.59. The van der Waals surface area contributed by atoms with Gasteiger partial charge in [0.2, 0.25) is 0 Å². The summed E-state index contributed by atoms with van der Waals surface area (Å²) in [7, 11) is 0. The molecule has 0 radical (unpaired) electrons. The number of halogens is 2. The summed E-state index contributed by atoms with van der Waals surface area (Å²) < 4.78 is 13.6. The molecule has 1 aromatic carbocycles. The third-order valence-corrected chi connectivity index (χ3v) is 2.60. The molecule has 0 aliphatic heterocycles. The first-order valence-corrected chi connectivity index (χ1v) is 5.72. The standard InChI is InChI=1S/C12H7ClFN3O3/c13-7-3-4-15-11(5-7)12(18)16-10-2-1-8(17(19)20)6-9(10)14/h1-6H,(H,16,18). The van der Waals surface area contributed by atoms with E-state index in [-0.39, 0.29) is 11.4 Å². The van der Waals surface area contributed by atoms with Gasteiger partial charge in [-0.2, -0.15) is 0 Å². The van der Waals surface area contributed by atoms with Gasteiger partial charge in [0, 0.05) is 17.3 Å². The highest BCUT2D eigenvalue weighted by Crippen LogP contribution is 2.21. The van der Waals surface area contributed by atoms with Crippen molar-refractivity contribution in [3.8, 4) is 0 Å². The van der Waals surface area contributed by atoms with Crippen molar-refractivity contribution >= 4 is 28.9 Å². The quantitative estimate of drug-likeness (QED) is 0.696. The number of pyridine rings is 1. The highest BCUT2D eigenvalue weighted by atomic mass is 35.5. The van der Waals surface area contributed by atoms with Crippen molar-refractivity contribution in [1.29, 1.82) is 0 Å². The first-order chi connectivity index (χ1) is 9.47. The maximum atomic E-state index is 13.6. The molecule has 1 amide bonds. The topological polar surface area (TPSA) is 85.1 Å². The van der Waals surface area contributed by atoms with Gasteiger partial charge in [0.25, 0.3) is 11.6 Å². The Morgan fingerprint density at radius 2 is 2.10 bits per heavy atom. The Balaban J connectivity index is 2.22. The van der Waals surface area contributed by atoms with E-state index in [4.69, 9.17) is 11.6 Å². The van der Waals surface area contributed by atoms with Gasteiger partial charge in [0.05, 0.1) is 16.7 Å². The number of carbonyl (C=O) groups is 1. The number of hydrogen-bond acceptors (Lipinski definition) is 4. The number of anilines is 1. The van der Waals surface area contributed by atoms with E-state index >= 15 is 0 Å². The van der Waals surface area contributed by atoms with Gasteiger partial charge < -0.3 is 5.32 Å². The molecule has 0 saturated heterocycles. The number of carbonyl (C=O) groups excluding carboxylic acids is 1. The maximum Gasteiger partial charge on any atom is 0.274 e. The van der Waals surface area contributed by atoms with Crippen LogP contribution in [-0.4, -0.2) is 15.8 Å². The Labute approximate surface area is 117 Å². The molecule has 0 spiro atoms. The molecule has 2 aromatic rings. The number of hydrogen-bond donors (Lipinski definition) is 1. The molecule has 0 saturated carbocycles. The molecule has 0 fully saturated rings.